The lowest BCUT2D eigenvalue weighted by Gasteiger charge is -2.03. The topological polar surface area (TPSA) is 72.9 Å². The average molecular weight is 196 g/mol. The van der Waals surface area contributed by atoms with Crippen LogP contribution in [-0.2, 0) is 11.3 Å². The molecule has 0 fully saturated rings. The third kappa shape index (κ3) is 4.61. The van der Waals surface area contributed by atoms with Crippen LogP contribution in [0.5, 0.6) is 0 Å². The van der Waals surface area contributed by atoms with Gasteiger partial charge < -0.3 is 11.1 Å². The van der Waals surface area contributed by atoms with Gasteiger partial charge in [0.15, 0.2) is 0 Å². The van der Waals surface area contributed by atoms with Crippen molar-refractivity contribution >= 4 is 5.91 Å². The van der Waals surface area contributed by atoms with Crippen LogP contribution in [0.1, 0.15) is 12.8 Å². The molecule has 0 aliphatic rings. The molecule has 14 heavy (non-hydrogen) atoms. The van der Waals surface area contributed by atoms with Gasteiger partial charge in [-0.05, 0) is 19.0 Å². The zero-order chi connectivity index (χ0) is 10.2. The molecule has 1 heterocycles. The molecule has 0 aromatic carbocycles. The molecule has 3 N–H and O–H groups in total. The molecule has 78 valence electrons. The van der Waals surface area contributed by atoms with Crippen molar-refractivity contribution in [2.45, 2.75) is 19.4 Å². The first-order chi connectivity index (χ1) is 6.79. The quantitative estimate of drug-likeness (QED) is 0.590. The molecule has 0 saturated heterocycles. The summed E-state index contributed by atoms with van der Waals surface area (Å²) in [5, 5.41) is 7.28. The van der Waals surface area contributed by atoms with E-state index in [0.29, 0.717) is 6.42 Å². The highest BCUT2D eigenvalue weighted by molar-refractivity contribution is 5.73. The lowest BCUT2D eigenvalue weighted by molar-refractivity contribution is -0.118. The molecule has 0 spiro atoms. The molecule has 5 nitrogen and oxygen atoms in total. The fraction of sp³-hybridized carbons (Fsp3) is 0.556. The van der Waals surface area contributed by atoms with Gasteiger partial charge in [0, 0.05) is 25.4 Å². The number of nitrogens with two attached hydrogens (primary N) is 1. The molecule has 0 unspecified atom stereocenters. The summed E-state index contributed by atoms with van der Waals surface area (Å²) in [5.41, 5.74) is 5.00. The summed E-state index contributed by atoms with van der Waals surface area (Å²) in [7, 11) is 0. The Morgan fingerprint density at radius 1 is 1.50 bits per heavy atom. The lowest BCUT2D eigenvalue weighted by Crippen LogP contribution is -2.22. The number of hydrogen-bond donors (Lipinski definition) is 2. The highest BCUT2D eigenvalue weighted by Crippen LogP contribution is 1.85. The van der Waals surface area contributed by atoms with Gasteiger partial charge in [-0.25, -0.2) is 0 Å². The molecule has 0 aliphatic heterocycles. The highest BCUT2D eigenvalue weighted by atomic mass is 16.1. The summed E-state index contributed by atoms with van der Waals surface area (Å²) in [6.45, 7) is 2.54. The van der Waals surface area contributed by atoms with Gasteiger partial charge in [-0.1, -0.05) is 0 Å². The summed E-state index contributed by atoms with van der Waals surface area (Å²) in [6.07, 6.45) is 4.93. The maximum atomic E-state index is 10.4. The molecule has 0 radical (unpaired) electrons. The second-order valence-electron chi connectivity index (χ2n) is 3.09. The van der Waals surface area contributed by atoms with Crippen LogP contribution in [0, 0.1) is 0 Å². The van der Waals surface area contributed by atoms with Crippen LogP contribution >= 0.6 is 0 Å². The van der Waals surface area contributed by atoms with Gasteiger partial charge in [-0.3, -0.25) is 9.48 Å². The number of primary amides is 1. The Bertz CT molecular complexity index is 258. The van der Waals surface area contributed by atoms with Gasteiger partial charge in [-0.15, -0.1) is 0 Å². The maximum absolute atomic E-state index is 10.4. The molecule has 0 bridgehead atoms. The first-order valence-electron chi connectivity index (χ1n) is 4.75. The molecule has 1 aromatic rings. The summed E-state index contributed by atoms with van der Waals surface area (Å²) >= 11 is 0. The van der Waals surface area contributed by atoms with E-state index in [-0.39, 0.29) is 5.91 Å². The normalized spacial score (nSPS) is 10.3. The predicted molar refractivity (Wildman–Crippen MR) is 53.5 cm³/mol. The van der Waals surface area contributed by atoms with E-state index in [1.807, 2.05) is 16.9 Å². The Labute approximate surface area is 83.3 Å². The highest BCUT2D eigenvalue weighted by Gasteiger charge is 1.94. The van der Waals surface area contributed by atoms with Crippen LogP contribution in [-0.4, -0.2) is 28.8 Å². The number of carbonyl (C=O) groups is 1. The zero-order valence-corrected chi connectivity index (χ0v) is 8.15. The smallest absolute Gasteiger partial charge is 0.217 e. The van der Waals surface area contributed by atoms with Crippen LogP contribution < -0.4 is 11.1 Å². The number of nitrogens with one attached hydrogen (secondary N) is 1. The second-order valence-corrected chi connectivity index (χ2v) is 3.09. The number of aromatic nitrogens is 2. The third-order valence-corrected chi connectivity index (χ3v) is 1.85. The molecule has 0 atom stereocenters. The first-order valence-corrected chi connectivity index (χ1v) is 4.75. The van der Waals surface area contributed by atoms with Crippen molar-refractivity contribution in [2.75, 3.05) is 13.1 Å². The summed E-state index contributed by atoms with van der Waals surface area (Å²) < 4.78 is 1.86. The Balaban J connectivity index is 1.92. The minimum absolute atomic E-state index is 0.237. The molecular weight excluding hydrogens is 180 g/mol. The molecule has 1 aromatic heterocycles. The van der Waals surface area contributed by atoms with E-state index in [2.05, 4.69) is 10.4 Å². The molecule has 5 heteroatoms. The van der Waals surface area contributed by atoms with Crippen molar-refractivity contribution < 1.29 is 4.79 Å². The van der Waals surface area contributed by atoms with Crippen molar-refractivity contribution in [3.05, 3.63) is 18.5 Å². The van der Waals surface area contributed by atoms with E-state index in [1.54, 1.807) is 6.20 Å². The first kappa shape index (κ1) is 10.7. The Kier molecular flexibility index (Phi) is 4.71. The largest absolute Gasteiger partial charge is 0.370 e. The van der Waals surface area contributed by atoms with Crippen molar-refractivity contribution in [1.82, 2.24) is 15.1 Å². The Hall–Kier alpha value is -1.36. The fourth-order valence-electron chi connectivity index (χ4n) is 1.14. The monoisotopic (exact) mass is 196 g/mol. The van der Waals surface area contributed by atoms with Crippen molar-refractivity contribution in [3.63, 3.8) is 0 Å². The predicted octanol–water partition coefficient (Wildman–Crippen LogP) is -0.262. The minimum atomic E-state index is -0.237. The van der Waals surface area contributed by atoms with Crippen molar-refractivity contribution in [3.8, 4) is 0 Å². The Morgan fingerprint density at radius 3 is 3.00 bits per heavy atom. The lowest BCUT2D eigenvalue weighted by atomic mass is 10.3. The van der Waals surface area contributed by atoms with Gasteiger partial charge in [-0.2, -0.15) is 5.10 Å². The van der Waals surface area contributed by atoms with Crippen LogP contribution in [0.2, 0.25) is 0 Å². The van der Waals surface area contributed by atoms with Crippen LogP contribution in [0.4, 0.5) is 0 Å². The van der Waals surface area contributed by atoms with Crippen molar-refractivity contribution in [2.24, 2.45) is 5.73 Å². The molecule has 1 rings (SSSR count). The zero-order valence-electron chi connectivity index (χ0n) is 8.15. The standard InChI is InChI=1S/C9H16N4O/c10-9(14)3-1-4-11-6-8-13-7-2-5-12-13/h2,5,7,11H,1,3-4,6,8H2,(H2,10,14). The van der Waals surface area contributed by atoms with E-state index in [0.717, 1.165) is 26.1 Å². The van der Waals surface area contributed by atoms with E-state index in [4.69, 9.17) is 5.73 Å². The van der Waals surface area contributed by atoms with E-state index >= 15 is 0 Å². The number of hydrogen-bond acceptors (Lipinski definition) is 3. The van der Waals surface area contributed by atoms with Crippen molar-refractivity contribution in [1.29, 1.82) is 0 Å². The van der Waals surface area contributed by atoms with Gasteiger partial charge in [0.2, 0.25) is 5.91 Å². The number of rotatable bonds is 7. The average Bonchev–Trinajstić information content (AvgIpc) is 2.63. The number of amides is 1. The molecule has 0 aliphatic carbocycles. The van der Waals surface area contributed by atoms with E-state index < -0.39 is 0 Å². The minimum Gasteiger partial charge on any atom is -0.370 e. The van der Waals surface area contributed by atoms with Gasteiger partial charge in [0.1, 0.15) is 0 Å². The van der Waals surface area contributed by atoms with Gasteiger partial charge in [0.25, 0.3) is 0 Å². The third-order valence-electron chi connectivity index (χ3n) is 1.85. The molecule has 1 amide bonds. The summed E-state index contributed by atoms with van der Waals surface area (Å²) in [6, 6.07) is 1.90. The number of nitrogens with zero attached hydrogens (tertiary/aromatic N) is 2. The van der Waals surface area contributed by atoms with E-state index in [1.165, 1.54) is 0 Å². The van der Waals surface area contributed by atoms with Crippen LogP contribution in [0.15, 0.2) is 18.5 Å². The van der Waals surface area contributed by atoms with Crippen LogP contribution in [0.25, 0.3) is 0 Å². The fourth-order valence-corrected chi connectivity index (χ4v) is 1.14. The van der Waals surface area contributed by atoms with Crippen LogP contribution in [0.3, 0.4) is 0 Å². The van der Waals surface area contributed by atoms with Gasteiger partial charge >= 0.3 is 0 Å². The number of carbonyl (C=O) groups excluding carboxylic acids is 1. The second kappa shape index (κ2) is 6.15. The molecular formula is C9H16N4O. The SMILES string of the molecule is NC(=O)CCCNCCn1cccn1. The maximum Gasteiger partial charge on any atom is 0.217 e. The van der Waals surface area contributed by atoms with Gasteiger partial charge in [0.05, 0.1) is 6.54 Å². The molecule has 0 saturated carbocycles. The van der Waals surface area contributed by atoms with E-state index in [9.17, 15) is 4.79 Å². The summed E-state index contributed by atoms with van der Waals surface area (Å²) in [4.78, 5) is 10.4. The summed E-state index contributed by atoms with van der Waals surface area (Å²) in [5.74, 6) is -0.237. The Morgan fingerprint density at radius 2 is 2.36 bits per heavy atom.